The smallest absolute Gasteiger partial charge is 0.224 e. The summed E-state index contributed by atoms with van der Waals surface area (Å²) in [5.74, 6) is 0.732. The molecule has 30 heavy (non-hydrogen) atoms. The highest BCUT2D eigenvalue weighted by atomic mass is 16.1. The summed E-state index contributed by atoms with van der Waals surface area (Å²) in [5.41, 5.74) is 5.18. The van der Waals surface area contributed by atoms with Crippen LogP contribution in [0.4, 0.5) is 22.9 Å². The summed E-state index contributed by atoms with van der Waals surface area (Å²) in [6.45, 7) is 4.21. The molecule has 1 aliphatic rings. The van der Waals surface area contributed by atoms with E-state index in [1.807, 2.05) is 42.6 Å². The molecule has 2 N–H and O–H groups in total. The predicted molar refractivity (Wildman–Crippen MR) is 121 cm³/mol. The van der Waals surface area contributed by atoms with Crippen LogP contribution < -0.4 is 15.5 Å². The zero-order valence-electron chi connectivity index (χ0n) is 17.3. The summed E-state index contributed by atoms with van der Waals surface area (Å²) < 4.78 is 0. The van der Waals surface area contributed by atoms with Gasteiger partial charge in [-0.3, -0.25) is 4.79 Å². The first kappa shape index (κ1) is 19.9. The lowest BCUT2D eigenvalue weighted by Gasteiger charge is -2.17. The average Bonchev–Trinajstić information content (AvgIpc) is 3.29. The Hall–Kier alpha value is -3.41. The molecule has 1 aromatic heterocycles. The lowest BCUT2D eigenvalue weighted by molar-refractivity contribution is -0.116. The Morgan fingerprint density at radius 3 is 2.57 bits per heavy atom. The van der Waals surface area contributed by atoms with Crippen molar-refractivity contribution in [3.63, 3.8) is 0 Å². The van der Waals surface area contributed by atoms with Gasteiger partial charge >= 0.3 is 0 Å². The van der Waals surface area contributed by atoms with E-state index < -0.39 is 0 Å². The molecule has 6 nitrogen and oxygen atoms in total. The second-order valence-electron chi connectivity index (χ2n) is 7.73. The zero-order valence-corrected chi connectivity index (χ0v) is 17.3. The van der Waals surface area contributed by atoms with Crippen LogP contribution in [0.25, 0.3) is 0 Å². The molecule has 3 aromatic rings. The summed E-state index contributed by atoms with van der Waals surface area (Å²) in [5, 5.41) is 14.6. The molecular formula is C24H27N5O. The lowest BCUT2D eigenvalue weighted by atomic mass is 10.1. The number of nitrogens with one attached hydrogen (secondary N) is 2. The van der Waals surface area contributed by atoms with E-state index in [9.17, 15) is 4.79 Å². The fourth-order valence-electron chi connectivity index (χ4n) is 3.70. The van der Waals surface area contributed by atoms with Crippen molar-refractivity contribution >= 4 is 28.8 Å². The van der Waals surface area contributed by atoms with Crippen molar-refractivity contribution in [1.82, 2.24) is 10.2 Å². The topological polar surface area (TPSA) is 70.2 Å². The molecule has 0 unspecified atom stereocenters. The molecule has 6 heteroatoms. The number of nitrogens with zero attached hydrogens (tertiary/aromatic N) is 3. The van der Waals surface area contributed by atoms with Crippen LogP contribution in [0.3, 0.4) is 0 Å². The average molecular weight is 402 g/mol. The van der Waals surface area contributed by atoms with E-state index in [0.29, 0.717) is 12.2 Å². The fraction of sp³-hybridized carbons (Fsp3) is 0.292. The predicted octanol–water partition coefficient (Wildman–Crippen LogP) is 4.70. The molecule has 1 fully saturated rings. The van der Waals surface area contributed by atoms with Gasteiger partial charge < -0.3 is 15.5 Å². The van der Waals surface area contributed by atoms with Gasteiger partial charge in [-0.15, -0.1) is 5.10 Å². The van der Waals surface area contributed by atoms with Crippen LogP contribution in [0, 0.1) is 6.92 Å². The van der Waals surface area contributed by atoms with E-state index >= 15 is 0 Å². The van der Waals surface area contributed by atoms with Gasteiger partial charge in [0.05, 0.1) is 11.9 Å². The van der Waals surface area contributed by atoms with Crippen LogP contribution in [-0.2, 0) is 11.2 Å². The minimum absolute atomic E-state index is 0.0152. The van der Waals surface area contributed by atoms with Crippen LogP contribution >= 0.6 is 0 Å². The number of aryl methyl sites for hydroxylation is 2. The molecule has 2 aromatic carbocycles. The van der Waals surface area contributed by atoms with Crippen molar-refractivity contribution in [2.24, 2.45) is 0 Å². The number of aromatic nitrogens is 2. The van der Waals surface area contributed by atoms with Crippen LogP contribution in [0.1, 0.15) is 30.4 Å². The third-order valence-corrected chi connectivity index (χ3v) is 5.28. The monoisotopic (exact) mass is 401 g/mol. The van der Waals surface area contributed by atoms with E-state index in [2.05, 4.69) is 50.9 Å². The second-order valence-corrected chi connectivity index (χ2v) is 7.73. The molecule has 4 rings (SSSR count). The standard InChI is InChI=1S/C24H27N5O/c1-18-5-4-6-19(15-18)7-12-24(30)27-21-10-8-20(9-11-21)26-23-16-22(17-25-28-23)29-13-2-3-14-29/h4-6,8-11,15-17H,2-3,7,12-14H2,1H3,(H,26,28)(H,27,30). The number of benzene rings is 2. The van der Waals surface area contributed by atoms with E-state index in [1.165, 1.54) is 24.0 Å². The van der Waals surface area contributed by atoms with Crippen LogP contribution in [0.2, 0.25) is 0 Å². The maximum absolute atomic E-state index is 12.3. The summed E-state index contributed by atoms with van der Waals surface area (Å²) in [6, 6.07) is 17.9. The highest BCUT2D eigenvalue weighted by molar-refractivity contribution is 5.91. The van der Waals surface area contributed by atoms with Crippen molar-refractivity contribution in [1.29, 1.82) is 0 Å². The Morgan fingerprint density at radius 1 is 1.03 bits per heavy atom. The minimum Gasteiger partial charge on any atom is -0.370 e. The van der Waals surface area contributed by atoms with Crippen molar-refractivity contribution in [2.45, 2.75) is 32.6 Å². The van der Waals surface area contributed by atoms with Crippen molar-refractivity contribution in [3.05, 3.63) is 71.9 Å². The highest BCUT2D eigenvalue weighted by Crippen LogP contribution is 2.23. The molecule has 0 spiro atoms. The first-order valence-corrected chi connectivity index (χ1v) is 10.5. The minimum atomic E-state index is 0.0152. The van der Waals surface area contributed by atoms with Gasteiger partial charge in [0.15, 0.2) is 5.82 Å². The van der Waals surface area contributed by atoms with Gasteiger partial charge in [-0.1, -0.05) is 29.8 Å². The van der Waals surface area contributed by atoms with Crippen molar-refractivity contribution in [3.8, 4) is 0 Å². The third-order valence-electron chi connectivity index (χ3n) is 5.28. The zero-order chi connectivity index (χ0) is 20.8. The Morgan fingerprint density at radius 2 is 1.80 bits per heavy atom. The molecule has 1 saturated heterocycles. The van der Waals surface area contributed by atoms with Gasteiger partial charge in [0.2, 0.25) is 5.91 Å². The molecule has 0 saturated carbocycles. The van der Waals surface area contributed by atoms with Crippen molar-refractivity contribution in [2.75, 3.05) is 28.6 Å². The Bertz CT molecular complexity index is 996. The highest BCUT2D eigenvalue weighted by Gasteiger charge is 2.13. The van der Waals surface area contributed by atoms with Crippen molar-refractivity contribution < 1.29 is 4.79 Å². The second kappa shape index (κ2) is 9.39. The summed E-state index contributed by atoms with van der Waals surface area (Å²) in [6.07, 6.45) is 5.46. The van der Waals surface area contributed by atoms with Crippen LogP contribution in [0.15, 0.2) is 60.8 Å². The quantitative estimate of drug-likeness (QED) is 0.600. The number of anilines is 4. The van der Waals surface area contributed by atoms with Gasteiger partial charge in [-0.2, -0.15) is 5.10 Å². The molecule has 1 amide bonds. The van der Waals surface area contributed by atoms with Gasteiger partial charge in [-0.25, -0.2) is 0 Å². The number of carbonyl (C=O) groups excluding carboxylic acids is 1. The van der Waals surface area contributed by atoms with E-state index in [0.717, 1.165) is 36.6 Å². The number of hydrogen-bond acceptors (Lipinski definition) is 5. The molecular weight excluding hydrogens is 374 g/mol. The third kappa shape index (κ3) is 5.35. The van der Waals surface area contributed by atoms with Crippen LogP contribution in [-0.4, -0.2) is 29.2 Å². The summed E-state index contributed by atoms with van der Waals surface area (Å²) >= 11 is 0. The van der Waals surface area contributed by atoms with Crippen LogP contribution in [0.5, 0.6) is 0 Å². The first-order valence-electron chi connectivity index (χ1n) is 10.5. The Kier molecular flexibility index (Phi) is 6.23. The number of hydrogen-bond donors (Lipinski definition) is 2. The van der Waals surface area contributed by atoms with Gasteiger partial charge in [0.25, 0.3) is 0 Å². The largest absolute Gasteiger partial charge is 0.370 e. The normalized spacial score (nSPS) is 13.3. The number of carbonyl (C=O) groups is 1. The number of rotatable bonds is 7. The van der Waals surface area contributed by atoms with Gasteiger partial charge in [0, 0.05) is 37.0 Å². The summed E-state index contributed by atoms with van der Waals surface area (Å²) in [7, 11) is 0. The van der Waals surface area contributed by atoms with Gasteiger partial charge in [0.1, 0.15) is 0 Å². The molecule has 0 aliphatic carbocycles. The maximum Gasteiger partial charge on any atom is 0.224 e. The number of amides is 1. The Balaban J connectivity index is 1.30. The SMILES string of the molecule is Cc1cccc(CCC(=O)Nc2ccc(Nc3cc(N4CCCC4)cnn3)cc2)c1. The summed E-state index contributed by atoms with van der Waals surface area (Å²) in [4.78, 5) is 14.6. The molecule has 154 valence electrons. The molecule has 1 aliphatic heterocycles. The fourth-order valence-corrected chi connectivity index (χ4v) is 3.70. The van der Waals surface area contributed by atoms with E-state index in [-0.39, 0.29) is 5.91 Å². The van der Waals surface area contributed by atoms with E-state index in [4.69, 9.17) is 0 Å². The van der Waals surface area contributed by atoms with Gasteiger partial charge in [-0.05, 0) is 56.0 Å². The molecule has 0 atom stereocenters. The maximum atomic E-state index is 12.3. The molecule has 2 heterocycles. The molecule has 0 radical (unpaired) electrons. The lowest BCUT2D eigenvalue weighted by Crippen LogP contribution is -2.18. The van der Waals surface area contributed by atoms with E-state index in [1.54, 1.807) is 0 Å². The first-order chi connectivity index (χ1) is 14.7. The Labute approximate surface area is 177 Å². The molecule has 0 bridgehead atoms.